The predicted molar refractivity (Wildman–Crippen MR) is 165 cm³/mol. The molecule has 8 nitrogen and oxygen atoms in total. The number of aromatic carboxylic acids is 1. The number of carboxylic acid groups (broad SMARTS) is 1. The van der Waals surface area contributed by atoms with Crippen LogP contribution < -0.4 is 15.5 Å². The lowest BCUT2D eigenvalue weighted by molar-refractivity contribution is -0.118. The molecule has 0 saturated carbocycles. The molecule has 1 aliphatic rings. The van der Waals surface area contributed by atoms with Crippen molar-refractivity contribution >= 4 is 52.2 Å². The fourth-order valence-electron chi connectivity index (χ4n) is 5.29. The van der Waals surface area contributed by atoms with Crippen LogP contribution in [0.1, 0.15) is 58.9 Å². The summed E-state index contributed by atoms with van der Waals surface area (Å²) in [6.07, 6.45) is 1.75. The highest BCUT2D eigenvalue weighted by Crippen LogP contribution is 2.45. The second-order valence-corrected chi connectivity index (χ2v) is 11.1. The molecule has 2 atom stereocenters. The molecule has 2 aromatic heterocycles. The van der Waals surface area contributed by atoms with Gasteiger partial charge in [0.05, 0.1) is 39.7 Å². The number of nitrogens with one attached hydrogen (secondary N) is 2. The number of amides is 1. The van der Waals surface area contributed by atoms with Crippen molar-refractivity contribution in [2.45, 2.75) is 39.8 Å². The van der Waals surface area contributed by atoms with E-state index in [0.29, 0.717) is 21.5 Å². The number of rotatable bonds is 7. The van der Waals surface area contributed by atoms with Crippen LogP contribution in [0.25, 0.3) is 5.69 Å². The number of hydrogen-bond donors (Lipinski definition) is 3. The Bertz CT molecular complexity index is 1650. The Hall–Kier alpha value is -4.21. The third-order valence-electron chi connectivity index (χ3n) is 7.28. The van der Waals surface area contributed by atoms with E-state index in [1.54, 1.807) is 30.5 Å². The van der Waals surface area contributed by atoms with E-state index in [1.807, 2.05) is 73.6 Å². The van der Waals surface area contributed by atoms with Crippen LogP contribution >= 0.6 is 23.8 Å². The smallest absolute Gasteiger partial charge is 0.337 e. The summed E-state index contributed by atoms with van der Waals surface area (Å²) in [6, 6.07) is 19.6. The van der Waals surface area contributed by atoms with Crippen molar-refractivity contribution in [2.24, 2.45) is 5.92 Å². The number of para-hydroxylation sites is 1. The lowest BCUT2D eigenvalue weighted by atomic mass is 9.96. The van der Waals surface area contributed by atoms with Crippen molar-refractivity contribution in [1.29, 1.82) is 0 Å². The van der Waals surface area contributed by atoms with Crippen molar-refractivity contribution in [1.82, 2.24) is 14.9 Å². The zero-order valence-electron chi connectivity index (χ0n) is 23.1. The summed E-state index contributed by atoms with van der Waals surface area (Å²) >= 11 is 12.5. The number of carbonyl (C=O) groups is 2. The molecular formula is C31H30ClN5O3S. The van der Waals surface area contributed by atoms with E-state index in [1.165, 1.54) is 0 Å². The SMILES string of the molecule is Cc1cc([C@@H]2[C@@H](c3ccccn3)NC(=S)N2c2ccc(NC(=O)C(C)C)c(Cl)c2)c(C)n1-c1ccccc1C(=O)O. The highest BCUT2D eigenvalue weighted by Gasteiger charge is 2.42. The van der Waals surface area contributed by atoms with E-state index in [-0.39, 0.29) is 29.5 Å². The summed E-state index contributed by atoms with van der Waals surface area (Å²) in [5, 5.41) is 17.1. The second kappa shape index (κ2) is 11.3. The Morgan fingerprint density at radius 2 is 1.80 bits per heavy atom. The lowest BCUT2D eigenvalue weighted by Crippen LogP contribution is -2.29. The maximum absolute atomic E-state index is 12.3. The van der Waals surface area contributed by atoms with Gasteiger partial charge >= 0.3 is 5.97 Å². The van der Waals surface area contributed by atoms with Gasteiger partial charge in [-0.25, -0.2) is 4.79 Å². The zero-order valence-corrected chi connectivity index (χ0v) is 24.6. The second-order valence-electron chi connectivity index (χ2n) is 10.3. The first-order valence-corrected chi connectivity index (χ1v) is 14.0. The van der Waals surface area contributed by atoms with E-state index in [2.05, 4.69) is 21.7 Å². The van der Waals surface area contributed by atoms with Crippen LogP contribution in [0.4, 0.5) is 11.4 Å². The van der Waals surface area contributed by atoms with E-state index >= 15 is 0 Å². The molecule has 1 saturated heterocycles. The maximum atomic E-state index is 12.3. The maximum Gasteiger partial charge on any atom is 0.337 e. The molecule has 1 aliphatic heterocycles. The number of aromatic nitrogens is 2. The number of nitrogens with zero attached hydrogens (tertiary/aromatic N) is 3. The first kappa shape index (κ1) is 28.3. The normalized spacial score (nSPS) is 16.6. The molecule has 0 radical (unpaired) electrons. The number of halogens is 1. The largest absolute Gasteiger partial charge is 0.478 e. The van der Waals surface area contributed by atoms with Gasteiger partial charge in [0.2, 0.25) is 5.91 Å². The Balaban J connectivity index is 1.65. The number of hydrogen-bond acceptors (Lipinski definition) is 4. The molecule has 5 rings (SSSR count). The van der Waals surface area contributed by atoms with Gasteiger partial charge in [0, 0.05) is 29.2 Å². The van der Waals surface area contributed by atoms with Crippen LogP contribution in [0.15, 0.2) is 72.9 Å². The van der Waals surface area contributed by atoms with Crippen molar-refractivity contribution < 1.29 is 14.7 Å². The van der Waals surface area contributed by atoms with Gasteiger partial charge in [-0.15, -0.1) is 0 Å². The fourth-order valence-corrected chi connectivity index (χ4v) is 5.86. The first-order chi connectivity index (χ1) is 19.6. The topological polar surface area (TPSA) is 99.5 Å². The molecule has 1 fully saturated rings. The molecule has 41 heavy (non-hydrogen) atoms. The number of aryl methyl sites for hydroxylation is 1. The summed E-state index contributed by atoms with van der Waals surface area (Å²) in [4.78, 5) is 31.0. The summed E-state index contributed by atoms with van der Waals surface area (Å²) in [5.74, 6) is -1.31. The van der Waals surface area contributed by atoms with Crippen molar-refractivity contribution in [3.63, 3.8) is 0 Å². The zero-order chi connectivity index (χ0) is 29.4. The van der Waals surface area contributed by atoms with Crippen molar-refractivity contribution in [3.8, 4) is 5.69 Å². The highest BCUT2D eigenvalue weighted by atomic mass is 35.5. The molecule has 0 aliphatic carbocycles. The van der Waals surface area contributed by atoms with Crippen LogP contribution in [-0.4, -0.2) is 31.6 Å². The van der Waals surface area contributed by atoms with Crippen LogP contribution in [0, 0.1) is 19.8 Å². The molecule has 1 amide bonds. The van der Waals surface area contributed by atoms with Crippen LogP contribution in [-0.2, 0) is 4.79 Å². The summed E-state index contributed by atoms with van der Waals surface area (Å²) in [5.41, 5.74) is 5.60. The third-order valence-corrected chi connectivity index (χ3v) is 7.90. The Labute approximate surface area is 249 Å². The monoisotopic (exact) mass is 587 g/mol. The molecular weight excluding hydrogens is 558 g/mol. The number of pyridine rings is 1. The average molecular weight is 588 g/mol. The van der Waals surface area contributed by atoms with Gasteiger partial charge in [-0.1, -0.05) is 43.6 Å². The van der Waals surface area contributed by atoms with Gasteiger partial charge < -0.3 is 25.2 Å². The van der Waals surface area contributed by atoms with Crippen LogP contribution in [0.5, 0.6) is 0 Å². The number of carboxylic acids is 1. The summed E-state index contributed by atoms with van der Waals surface area (Å²) in [7, 11) is 0. The average Bonchev–Trinajstić information content (AvgIpc) is 3.44. The minimum atomic E-state index is -0.995. The number of benzene rings is 2. The number of thiocarbonyl (C=S) groups is 1. The minimum Gasteiger partial charge on any atom is -0.478 e. The molecule has 210 valence electrons. The van der Waals surface area contributed by atoms with Crippen molar-refractivity contribution in [3.05, 3.63) is 106 Å². The van der Waals surface area contributed by atoms with Gasteiger partial charge in [0.15, 0.2) is 5.11 Å². The van der Waals surface area contributed by atoms with Gasteiger partial charge in [0.25, 0.3) is 0 Å². The molecule has 2 aromatic carbocycles. The number of anilines is 2. The molecule has 0 unspecified atom stereocenters. The number of carbonyl (C=O) groups excluding carboxylic acids is 1. The molecule has 0 bridgehead atoms. The van der Waals surface area contributed by atoms with Gasteiger partial charge in [0.1, 0.15) is 0 Å². The lowest BCUT2D eigenvalue weighted by Gasteiger charge is -2.28. The predicted octanol–water partition coefficient (Wildman–Crippen LogP) is 6.61. The van der Waals surface area contributed by atoms with E-state index in [9.17, 15) is 14.7 Å². The van der Waals surface area contributed by atoms with E-state index in [4.69, 9.17) is 23.8 Å². The Morgan fingerprint density at radius 3 is 2.46 bits per heavy atom. The van der Waals surface area contributed by atoms with Gasteiger partial charge in [-0.2, -0.15) is 0 Å². The summed E-state index contributed by atoms with van der Waals surface area (Å²) < 4.78 is 1.96. The molecule has 0 spiro atoms. The van der Waals surface area contributed by atoms with E-state index < -0.39 is 5.97 Å². The standard InChI is InChI=1S/C31H30ClN5O3S/c1-17(2)29(38)34-24-13-12-20(16-23(24)32)37-28(27(35-31(37)41)25-10-7-8-14-33-25)22-15-18(3)36(19(22)4)26-11-6-5-9-21(26)30(39)40/h5-17,27-28H,1-4H3,(H,34,38)(H,35,41)(H,39,40)/t27-,28-/m1/s1. The molecule has 10 heteroatoms. The van der Waals surface area contributed by atoms with Crippen LogP contribution in [0.3, 0.4) is 0 Å². The first-order valence-electron chi connectivity index (χ1n) is 13.2. The Kier molecular flexibility index (Phi) is 7.84. The van der Waals surface area contributed by atoms with Crippen molar-refractivity contribution in [2.75, 3.05) is 10.2 Å². The Morgan fingerprint density at radius 1 is 1.07 bits per heavy atom. The quantitative estimate of drug-likeness (QED) is 0.209. The molecule has 3 N–H and O–H groups in total. The minimum absolute atomic E-state index is 0.125. The fraction of sp³-hybridized carbons (Fsp3) is 0.226. The van der Waals surface area contributed by atoms with Gasteiger partial charge in [-0.3, -0.25) is 9.78 Å². The summed E-state index contributed by atoms with van der Waals surface area (Å²) in [6.45, 7) is 7.58. The van der Waals surface area contributed by atoms with E-state index in [0.717, 1.165) is 28.3 Å². The molecule has 3 heterocycles. The molecule has 4 aromatic rings. The highest BCUT2D eigenvalue weighted by molar-refractivity contribution is 7.80. The van der Waals surface area contributed by atoms with Crippen LogP contribution in [0.2, 0.25) is 5.02 Å². The third kappa shape index (κ3) is 5.30. The van der Waals surface area contributed by atoms with Gasteiger partial charge in [-0.05, 0) is 80.2 Å².